The van der Waals surface area contributed by atoms with Crippen LogP contribution in [0.15, 0.2) is 58.7 Å². The molecule has 25 heavy (non-hydrogen) atoms. The van der Waals surface area contributed by atoms with Gasteiger partial charge in [0.1, 0.15) is 0 Å². The van der Waals surface area contributed by atoms with E-state index in [9.17, 15) is 14.9 Å². The number of amides is 1. The molecule has 0 aliphatic carbocycles. The van der Waals surface area contributed by atoms with Crippen molar-refractivity contribution in [3.63, 3.8) is 0 Å². The Balaban J connectivity index is 2.16. The van der Waals surface area contributed by atoms with Crippen molar-refractivity contribution in [3.8, 4) is 0 Å². The molecule has 5 N–H and O–H groups in total. The summed E-state index contributed by atoms with van der Waals surface area (Å²) in [6.45, 7) is 1.73. The molecule has 0 heterocycles. The van der Waals surface area contributed by atoms with E-state index >= 15 is 0 Å². The first-order valence-electron chi connectivity index (χ1n) is 7.16. The first-order valence-corrected chi connectivity index (χ1v) is 7.16. The SMILES string of the molecule is C/C(=N/N=C(N)N)c1cccc(NC(=O)c2ccc([N+](=O)[O-])cc2)c1. The zero-order chi connectivity index (χ0) is 18.4. The van der Waals surface area contributed by atoms with Crippen LogP contribution in [-0.2, 0) is 0 Å². The lowest BCUT2D eigenvalue weighted by atomic mass is 10.1. The molecule has 2 aromatic carbocycles. The summed E-state index contributed by atoms with van der Waals surface area (Å²) in [6, 6.07) is 12.3. The second-order valence-corrected chi connectivity index (χ2v) is 5.05. The summed E-state index contributed by atoms with van der Waals surface area (Å²) >= 11 is 0. The molecule has 0 saturated carbocycles. The predicted molar refractivity (Wildman–Crippen MR) is 95.5 cm³/mol. The molecule has 1 amide bonds. The zero-order valence-electron chi connectivity index (χ0n) is 13.3. The van der Waals surface area contributed by atoms with Crippen molar-refractivity contribution >= 4 is 29.0 Å². The highest BCUT2D eigenvalue weighted by molar-refractivity contribution is 6.05. The first-order chi connectivity index (χ1) is 11.9. The van der Waals surface area contributed by atoms with Crippen molar-refractivity contribution in [2.45, 2.75) is 6.92 Å². The normalized spacial score (nSPS) is 10.8. The lowest BCUT2D eigenvalue weighted by molar-refractivity contribution is -0.384. The molecular formula is C16H16N6O3. The number of nitrogens with one attached hydrogen (secondary N) is 1. The molecule has 0 fully saturated rings. The molecule has 0 aromatic heterocycles. The number of hydrogen-bond acceptors (Lipinski definition) is 5. The minimum atomic E-state index is -0.524. The van der Waals surface area contributed by atoms with Gasteiger partial charge in [0.05, 0.1) is 10.6 Å². The van der Waals surface area contributed by atoms with Crippen LogP contribution >= 0.6 is 0 Å². The summed E-state index contributed by atoms with van der Waals surface area (Å²) in [4.78, 5) is 22.3. The topological polar surface area (TPSA) is 149 Å². The van der Waals surface area contributed by atoms with E-state index in [1.165, 1.54) is 24.3 Å². The maximum Gasteiger partial charge on any atom is 0.269 e. The molecule has 128 valence electrons. The molecule has 0 spiro atoms. The summed E-state index contributed by atoms with van der Waals surface area (Å²) in [5, 5.41) is 20.8. The summed E-state index contributed by atoms with van der Waals surface area (Å²) in [6.07, 6.45) is 0. The fourth-order valence-corrected chi connectivity index (χ4v) is 1.95. The quantitative estimate of drug-likeness (QED) is 0.328. The maximum absolute atomic E-state index is 12.2. The average molecular weight is 340 g/mol. The second-order valence-electron chi connectivity index (χ2n) is 5.05. The number of anilines is 1. The Bertz CT molecular complexity index is 854. The number of nitrogens with zero attached hydrogens (tertiary/aromatic N) is 3. The number of carbonyl (C=O) groups excluding carboxylic acids is 1. The van der Waals surface area contributed by atoms with Crippen LogP contribution in [0.5, 0.6) is 0 Å². The largest absolute Gasteiger partial charge is 0.369 e. The maximum atomic E-state index is 12.2. The van der Waals surface area contributed by atoms with E-state index in [1.807, 2.05) is 0 Å². The Morgan fingerprint density at radius 1 is 1.08 bits per heavy atom. The average Bonchev–Trinajstić information content (AvgIpc) is 2.59. The number of non-ortho nitro benzene ring substituents is 1. The van der Waals surface area contributed by atoms with Crippen LogP contribution in [0.25, 0.3) is 0 Å². The number of benzene rings is 2. The summed E-state index contributed by atoms with van der Waals surface area (Å²) in [5.41, 5.74) is 12.5. The fraction of sp³-hybridized carbons (Fsp3) is 0.0625. The van der Waals surface area contributed by atoms with Crippen LogP contribution < -0.4 is 16.8 Å². The highest BCUT2D eigenvalue weighted by atomic mass is 16.6. The van der Waals surface area contributed by atoms with Crippen LogP contribution in [-0.4, -0.2) is 22.5 Å². The fourth-order valence-electron chi connectivity index (χ4n) is 1.95. The molecule has 9 nitrogen and oxygen atoms in total. The molecule has 2 rings (SSSR count). The van der Waals surface area contributed by atoms with Crippen molar-refractivity contribution in [1.82, 2.24) is 0 Å². The van der Waals surface area contributed by atoms with Gasteiger partial charge >= 0.3 is 0 Å². The van der Waals surface area contributed by atoms with Crippen molar-refractivity contribution in [2.75, 3.05) is 5.32 Å². The van der Waals surface area contributed by atoms with E-state index in [4.69, 9.17) is 11.5 Å². The highest BCUT2D eigenvalue weighted by Gasteiger charge is 2.10. The Labute approximate surface area is 143 Å². The lowest BCUT2D eigenvalue weighted by Crippen LogP contribution is -2.22. The van der Waals surface area contributed by atoms with E-state index in [0.717, 1.165) is 5.56 Å². The number of guanidine groups is 1. The summed E-state index contributed by atoms with van der Waals surface area (Å²) in [7, 11) is 0. The van der Waals surface area contributed by atoms with Gasteiger partial charge in [-0.3, -0.25) is 14.9 Å². The number of hydrogen-bond donors (Lipinski definition) is 3. The van der Waals surface area contributed by atoms with Crippen LogP contribution in [0.1, 0.15) is 22.8 Å². The predicted octanol–water partition coefficient (Wildman–Crippen LogP) is 1.84. The first kappa shape index (κ1) is 17.6. The molecule has 0 aliphatic rings. The van der Waals surface area contributed by atoms with E-state index in [-0.39, 0.29) is 17.6 Å². The molecule has 0 unspecified atom stereocenters. The monoisotopic (exact) mass is 340 g/mol. The van der Waals surface area contributed by atoms with Gasteiger partial charge < -0.3 is 16.8 Å². The van der Waals surface area contributed by atoms with Gasteiger partial charge in [-0.25, -0.2) is 0 Å². The van der Waals surface area contributed by atoms with Crippen molar-refractivity contribution in [1.29, 1.82) is 0 Å². The van der Waals surface area contributed by atoms with Gasteiger partial charge in [0.2, 0.25) is 5.96 Å². The van der Waals surface area contributed by atoms with E-state index < -0.39 is 4.92 Å². The van der Waals surface area contributed by atoms with E-state index in [2.05, 4.69) is 15.5 Å². The third-order valence-corrected chi connectivity index (χ3v) is 3.19. The van der Waals surface area contributed by atoms with Crippen molar-refractivity contribution in [3.05, 3.63) is 69.8 Å². The molecule has 0 radical (unpaired) electrons. The summed E-state index contributed by atoms with van der Waals surface area (Å²) < 4.78 is 0. The van der Waals surface area contributed by atoms with Gasteiger partial charge in [0.15, 0.2) is 0 Å². The Morgan fingerprint density at radius 2 is 1.76 bits per heavy atom. The number of rotatable bonds is 5. The second kappa shape index (κ2) is 7.68. The van der Waals surface area contributed by atoms with Crippen molar-refractivity contribution in [2.24, 2.45) is 21.7 Å². The van der Waals surface area contributed by atoms with E-state index in [0.29, 0.717) is 17.0 Å². The van der Waals surface area contributed by atoms with Gasteiger partial charge in [0.25, 0.3) is 11.6 Å². The Morgan fingerprint density at radius 3 is 2.36 bits per heavy atom. The standard InChI is InChI=1S/C16H16N6O3/c1-10(20-21-16(17)18)12-3-2-4-13(9-12)19-15(23)11-5-7-14(8-6-11)22(24)25/h2-9H,1H3,(H,19,23)(H4,17,18,21)/b20-10-. The lowest BCUT2D eigenvalue weighted by Gasteiger charge is -2.07. The summed E-state index contributed by atoms with van der Waals surface area (Å²) in [5.74, 6) is -0.534. The Kier molecular flexibility index (Phi) is 5.41. The Hall–Kier alpha value is -3.75. The molecule has 0 bridgehead atoms. The van der Waals surface area contributed by atoms with Crippen LogP contribution in [0.4, 0.5) is 11.4 Å². The highest BCUT2D eigenvalue weighted by Crippen LogP contribution is 2.16. The van der Waals surface area contributed by atoms with Crippen LogP contribution in [0.3, 0.4) is 0 Å². The third kappa shape index (κ3) is 4.86. The minimum absolute atomic E-state index is 0.0786. The van der Waals surface area contributed by atoms with Gasteiger partial charge in [0, 0.05) is 23.4 Å². The zero-order valence-corrected chi connectivity index (χ0v) is 13.3. The smallest absolute Gasteiger partial charge is 0.269 e. The number of nitro groups is 1. The number of carbonyl (C=O) groups is 1. The van der Waals surface area contributed by atoms with Gasteiger partial charge in [-0.1, -0.05) is 12.1 Å². The number of nitro benzene ring substituents is 1. The van der Waals surface area contributed by atoms with E-state index in [1.54, 1.807) is 31.2 Å². The van der Waals surface area contributed by atoms with Crippen molar-refractivity contribution < 1.29 is 9.72 Å². The minimum Gasteiger partial charge on any atom is -0.369 e. The molecule has 0 aliphatic heterocycles. The molecule has 9 heteroatoms. The molecule has 0 saturated heterocycles. The third-order valence-electron chi connectivity index (χ3n) is 3.19. The molecule has 0 atom stereocenters. The molecular weight excluding hydrogens is 324 g/mol. The van der Waals surface area contributed by atoms with Crippen LogP contribution in [0, 0.1) is 10.1 Å². The number of nitrogens with two attached hydrogens (primary N) is 2. The van der Waals surface area contributed by atoms with Gasteiger partial charge in [-0.05, 0) is 36.8 Å². The molecule has 2 aromatic rings. The van der Waals surface area contributed by atoms with Gasteiger partial charge in [-0.2, -0.15) is 5.10 Å². The van der Waals surface area contributed by atoms with Gasteiger partial charge in [-0.15, -0.1) is 5.10 Å². The van der Waals surface area contributed by atoms with Crippen LogP contribution in [0.2, 0.25) is 0 Å².